The van der Waals surface area contributed by atoms with Crippen molar-refractivity contribution in [3.05, 3.63) is 40.4 Å². The zero-order valence-corrected chi connectivity index (χ0v) is 18.3. The monoisotopic (exact) mass is 475 g/mol. The molecule has 2 aromatic carbocycles. The molecule has 0 saturated carbocycles. The van der Waals surface area contributed by atoms with Crippen LogP contribution < -0.4 is 5.73 Å². The first-order valence-electron chi connectivity index (χ1n) is 9.80. The number of anilines is 1. The summed E-state index contributed by atoms with van der Waals surface area (Å²) in [5, 5.41) is 1.65. The molecule has 3 aromatic rings. The van der Waals surface area contributed by atoms with Gasteiger partial charge in [0.1, 0.15) is 6.61 Å². The molecular formula is C20H18ClN5O5S. The number of benzene rings is 2. The van der Waals surface area contributed by atoms with Gasteiger partial charge >= 0.3 is 6.09 Å². The Bertz CT molecular complexity index is 1360. The fourth-order valence-corrected chi connectivity index (χ4v) is 5.34. The van der Waals surface area contributed by atoms with Crippen molar-refractivity contribution in [1.29, 1.82) is 0 Å². The number of carbonyl (C=O) groups excluding carboxylic acids is 1. The molecular weight excluding hydrogens is 458 g/mol. The molecule has 2 aliphatic rings. The van der Waals surface area contributed by atoms with Crippen LogP contribution in [0, 0.1) is 0 Å². The number of halogens is 1. The summed E-state index contributed by atoms with van der Waals surface area (Å²) in [5.74, 6) is -0.550. The molecule has 1 aromatic heterocycles. The van der Waals surface area contributed by atoms with Gasteiger partial charge in [0.15, 0.2) is 5.82 Å². The Balaban J connectivity index is 1.58. The molecule has 0 spiro atoms. The van der Waals surface area contributed by atoms with Gasteiger partial charge < -0.3 is 20.1 Å². The van der Waals surface area contributed by atoms with Crippen LogP contribution in [0.25, 0.3) is 22.2 Å². The molecule has 166 valence electrons. The van der Waals surface area contributed by atoms with Crippen LogP contribution in [0.15, 0.2) is 29.4 Å². The van der Waals surface area contributed by atoms with E-state index in [1.54, 1.807) is 6.07 Å². The first-order valence-corrected chi connectivity index (χ1v) is 11.8. The fourth-order valence-electron chi connectivity index (χ4n) is 3.92. The highest BCUT2D eigenvalue weighted by atomic mass is 35.5. The van der Waals surface area contributed by atoms with Gasteiger partial charge in [-0.1, -0.05) is 29.8 Å². The van der Waals surface area contributed by atoms with Gasteiger partial charge in [0.25, 0.3) is 5.16 Å². The summed E-state index contributed by atoms with van der Waals surface area (Å²) in [6, 6.07) is 7.48. The van der Waals surface area contributed by atoms with Gasteiger partial charge in [-0.3, -0.25) is 0 Å². The second-order valence-electron chi connectivity index (χ2n) is 7.45. The predicted octanol–water partition coefficient (Wildman–Crippen LogP) is 2.18. The van der Waals surface area contributed by atoms with Crippen LogP contribution in [0.4, 0.5) is 10.7 Å². The van der Waals surface area contributed by atoms with E-state index in [9.17, 15) is 13.2 Å². The first-order chi connectivity index (χ1) is 15.3. The van der Waals surface area contributed by atoms with Crippen LogP contribution in [0.2, 0.25) is 5.02 Å². The van der Waals surface area contributed by atoms with Crippen molar-refractivity contribution < 1.29 is 22.7 Å². The van der Waals surface area contributed by atoms with Crippen molar-refractivity contribution in [2.45, 2.75) is 18.4 Å². The van der Waals surface area contributed by atoms with E-state index in [0.717, 1.165) is 21.9 Å². The van der Waals surface area contributed by atoms with Gasteiger partial charge in [0, 0.05) is 12.1 Å². The van der Waals surface area contributed by atoms with Crippen LogP contribution >= 0.6 is 11.6 Å². The second-order valence-corrected chi connectivity index (χ2v) is 9.86. The molecule has 5 rings (SSSR count). The molecule has 2 N–H and O–H groups in total. The highest BCUT2D eigenvalue weighted by Crippen LogP contribution is 2.39. The van der Waals surface area contributed by atoms with Gasteiger partial charge in [0.05, 0.1) is 30.5 Å². The number of aromatic nitrogens is 3. The van der Waals surface area contributed by atoms with Gasteiger partial charge in [-0.05, 0) is 28.0 Å². The van der Waals surface area contributed by atoms with E-state index < -0.39 is 21.1 Å². The lowest BCUT2D eigenvalue weighted by Crippen LogP contribution is -2.30. The van der Waals surface area contributed by atoms with E-state index in [1.807, 2.05) is 18.2 Å². The van der Waals surface area contributed by atoms with Crippen LogP contribution in [0.5, 0.6) is 0 Å². The van der Waals surface area contributed by atoms with E-state index in [-0.39, 0.29) is 30.7 Å². The fraction of sp³-hybridized carbons (Fsp3) is 0.300. The van der Waals surface area contributed by atoms with Gasteiger partial charge in [-0.2, -0.15) is 15.0 Å². The second kappa shape index (κ2) is 7.84. The highest BCUT2D eigenvalue weighted by Gasteiger charge is 2.28. The van der Waals surface area contributed by atoms with E-state index in [0.29, 0.717) is 30.3 Å². The number of amides is 1. The van der Waals surface area contributed by atoms with E-state index in [1.165, 1.54) is 4.90 Å². The number of rotatable bonds is 5. The Morgan fingerprint density at radius 3 is 2.75 bits per heavy atom. The number of carbonyl (C=O) groups is 1. The summed E-state index contributed by atoms with van der Waals surface area (Å²) in [4.78, 5) is 25.1. The van der Waals surface area contributed by atoms with Crippen LogP contribution in [-0.4, -0.2) is 59.8 Å². The lowest BCUT2D eigenvalue weighted by atomic mass is 9.94. The molecule has 0 unspecified atom stereocenters. The number of nitrogen functional groups attached to an aromatic ring is 1. The summed E-state index contributed by atoms with van der Waals surface area (Å²) >= 11 is 6.58. The third-order valence-electron chi connectivity index (χ3n) is 5.40. The van der Waals surface area contributed by atoms with Crippen molar-refractivity contribution in [3.63, 3.8) is 0 Å². The number of ether oxygens (including phenoxy) is 2. The number of hydrogen-bond acceptors (Lipinski definition) is 9. The van der Waals surface area contributed by atoms with E-state index in [4.69, 9.17) is 26.8 Å². The van der Waals surface area contributed by atoms with Crippen molar-refractivity contribution in [2.75, 3.05) is 31.2 Å². The first kappa shape index (κ1) is 20.9. The zero-order valence-electron chi connectivity index (χ0n) is 16.7. The third-order valence-corrected chi connectivity index (χ3v) is 7.16. The van der Waals surface area contributed by atoms with Gasteiger partial charge in [-0.25, -0.2) is 13.2 Å². The maximum absolute atomic E-state index is 12.9. The molecule has 0 atom stereocenters. The molecule has 32 heavy (non-hydrogen) atoms. The average Bonchev–Trinajstić information content (AvgIpc) is 3.17. The maximum Gasteiger partial charge on any atom is 0.409 e. The average molecular weight is 476 g/mol. The summed E-state index contributed by atoms with van der Waals surface area (Å²) < 4.78 is 36.3. The summed E-state index contributed by atoms with van der Waals surface area (Å²) in [6.45, 7) is 1.41. The minimum atomic E-state index is -3.95. The van der Waals surface area contributed by atoms with Crippen molar-refractivity contribution in [2.24, 2.45) is 0 Å². The van der Waals surface area contributed by atoms with Gasteiger partial charge in [0.2, 0.25) is 15.8 Å². The maximum atomic E-state index is 12.9. The zero-order chi connectivity index (χ0) is 22.5. The standard InChI is InChI=1S/C20H18ClN5O5S/c21-14-8-12-10-30-9-11-2-1-3-13(15(11)12)16(14)17-23-18(22)25-19(24-17)32(28,29)7-5-26-4-6-31-20(26)27/h1-3,8H,4-7,9-10H2,(H2,22,23,24,25). The molecule has 3 heterocycles. The SMILES string of the molecule is Nc1nc(-c2c(Cl)cc3c4c(cccc24)COC3)nc(S(=O)(=O)CCN2CCOC2=O)n1. The Morgan fingerprint density at radius 1 is 1.16 bits per heavy atom. The van der Waals surface area contributed by atoms with Crippen LogP contribution in [-0.2, 0) is 32.5 Å². The smallest absolute Gasteiger partial charge is 0.409 e. The molecule has 1 fully saturated rings. The molecule has 1 saturated heterocycles. The van der Waals surface area contributed by atoms with Crippen molar-refractivity contribution in [1.82, 2.24) is 19.9 Å². The number of cyclic esters (lactones) is 1. The molecule has 0 bridgehead atoms. The quantitative estimate of drug-likeness (QED) is 0.588. The van der Waals surface area contributed by atoms with Crippen molar-refractivity contribution in [3.8, 4) is 11.4 Å². The molecule has 10 nitrogen and oxygen atoms in total. The minimum absolute atomic E-state index is 0.0379. The Labute approximate surface area is 188 Å². The number of nitrogens with two attached hydrogens (primary N) is 1. The molecule has 2 aliphatic heterocycles. The lowest BCUT2D eigenvalue weighted by molar-refractivity contribution is 0.103. The summed E-state index contributed by atoms with van der Waals surface area (Å²) in [6.07, 6.45) is -0.546. The number of sulfone groups is 1. The Kier molecular flexibility index (Phi) is 5.11. The topological polar surface area (TPSA) is 138 Å². The minimum Gasteiger partial charge on any atom is -0.448 e. The van der Waals surface area contributed by atoms with Crippen molar-refractivity contribution >= 4 is 44.3 Å². The highest BCUT2D eigenvalue weighted by molar-refractivity contribution is 7.91. The van der Waals surface area contributed by atoms with E-state index >= 15 is 0 Å². The lowest BCUT2D eigenvalue weighted by Gasteiger charge is -2.20. The summed E-state index contributed by atoms with van der Waals surface area (Å²) in [7, 11) is -3.95. The van der Waals surface area contributed by atoms with Crippen LogP contribution in [0.3, 0.4) is 0 Å². The third kappa shape index (κ3) is 3.61. The van der Waals surface area contributed by atoms with Gasteiger partial charge in [-0.15, -0.1) is 0 Å². The molecule has 1 amide bonds. The van der Waals surface area contributed by atoms with Crippen LogP contribution in [0.1, 0.15) is 11.1 Å². The number of nitrogens with zero attached hydrogens (tertiary/aromatic N) is 4. The normalized spacial score (nSPS) is 15.9. The summed E-state index contributed by atoms with van der Waals surface area (Å²) in [5.41, 5.74) is 8.25. The molecule has 0 aliphatic carbocycles. The molecule has 12 heteroatoms. The number of hydrogen-bond donors (Lipinski definition) is 1. The largest absolute Gasteiger partial charge is 0.448 e. The predicted molar refractivity (Wildman–Crippen MR) is 116 cm³/mol. The Hall–Kier alpha value is -3.02. The molecule has 0 radical (unpaired) electrons. The Morgan fingerprint density at radius 2 is 1.97 bits per heavy atom. The van der Waals surface area contributed by atoms with E-state index in [2.05, 4.69) is 15.0 Å².